The molecular weight excluding hydrogens is 132 g/mol. The summed E-state index contributed by atoms with van der Waals surface area (Å²) < 4.78 is 0. The molecular formula is C6H9N2S. The van der Waals surface area contributed by atoms with Crippen LogP contribution >= 0.6 is 11.3 Å². The van der Waals surface area contributed by atoms with E-state index < -0.39 is 0 Å². The number of thiazole rings is 1. The van der Waals surface area contributed by atoms with Crippen molar-refractivity contribution in [2.75, 3.05) is 13.6 Å². The Hall–Kier alpha value is -0.410. The molecule has 0 saturated carbocycles. The van der Waals surface area contributed by atoms with Gasteiger partial charge in [0, 0.05) is 11.1 Å². The molecule has 0 amide bonds. The second-order valence-electron chi connectivity index (χ2n) is 1.77. The summed E-state index contributed by atoms with van der Waals surface area (Å²) in [6.07, 6.45) is 2.93. The van der Waals surface area contributed by atoms with E-state index in [2.05, 4.69) is 15.8 Å². The molecule has 0 bridgehead atoms. The fourth-order valence-corrected chi connectivity index (χ4v) is 1.11. The largest absolute Gasteiger partial charge is 0.319 e. The summed E-state index contributed by atoms with van der Waals surface area (Å²) in [4.78, 5) is 5.14. The maximum Gasteiger partial charge on any atom is 0.152 e. The highest BCUT2D eigenvalue weighted by atomic mass is 32.1. The molecule has 0 saturated heterocycles. The van der Waals surface area contributed by atoms with E-state index in [4.69, 9.17) is 0 Å². The number of rotatable bonds is 3. The molecule has 0 spiro atoms. The van der Waals surface area contributed by atoms with Gasteiger partial charge in [-0.2, -0.15) is 0 Å². The molecule has 1 aromatic heterocycles. The number of nitrogens with one attached hydrogen (secondary N) is 1. The van der Waals surface area contributed by atoms with E-state index in [-0.39, 0.29) is 0 Å². The Balaban J connectivity index is 2.30. The third kappa shape index (κ3) is 2.11. The fourth-order valence-electron chi connectivity index (χ4n) is 0.573. The van der Waals surface area contributed by atoms with Gasteiger partial charge in [-0.3, -0.25) is 0 Å². The minimum atomic E-state index is 1.02. The first kappa shape index (κ1) is 6.71. The summed E-state index contributed by atoms with van der Waals surface area (Å²) in [5.74, 6) is 0. The molecule has 0 aromatic carbocycles. The average Bonchev–Trinajstić information content (AvgIpc) is 2.34. The average molecular weight is 141 g/mol. The van der Waals surface area contributed by atoms with E-state index in [0.29, 0.717) is 0 Å². The van der Waals surface area contributed by atoms with Crippen molar-refractivity contribution in [2.24, 2.45) is 0 Å². The van der Waals surface area contributed by atoms with Crippen molar-refractivity contribution >= 4 is 11.3 Å². The van der Waals surface area contributed by atoms with Crippen LogP contribution in [0.5, 0.6) is 0 Å². The fraction of sp³-hybridized carbons (Fsp3) is 0.500. The Morgan fingerprint density at radius 3 is 3.33 bits per heavy atom. The SMILES string of the molecule is CNCCc1cn[c]s1. The van der Waals surface area contributed by atoms with Crippen LogP contribution in [0.15, 0.2) is 6.20 Å². The van der Waals surface area contributed by atoms with Crippen LogP contribution < -0.4 is 5.32 Å². The molecule has 1 radical (unpaired) electrons. The maximum absolute atomic E-state index is 3.84. The summed E-state index contributed by atoms with van der Waals surface area (Å²) in [6, 6.07) is 0. The van der Waals surface area contributed by atoms with Crippen molar-refractivity contribution in [3.8, 4) is 0 Å². The standard InChI is InChI=1S/C6H9N2S/c1-7-3-2-6-4-8-5-9-6/h4,7H,2-3H2,1H3. The van der Waals surface area contributed by atoms with Gasteiger partial charge in [-0.25, -0.2) is 4.98 Å². The third-order valence-corrected chi connectivity index (χ3v) is 1.83. The lowest BCUT2D eigenvalue weighted by Crippen LogP contribution is -2.09. The van der Waals surface area contributed by atoms with Crippen LogP contribution in [-0.2, 0) is 6.42 Å². The molecule has 0 unspecified atom stereocenters. The summed E-state index contributed by atoms with van der Waals surface area (Å²) >= 11 is 1.59. The molecule has 0 fully saturated rings. The molecule has 1 aromatic rings. The van der Waals surface area contributed by atoms with E-state index in [1.165, 1.54) is 4.88 Å². The highest BCUT2D eigenvalue weighted by molar-refractivity contribution is 7.09. The predicted octanol–water partition coefficient (Wildman–Crippen LogP) is 0.705. The van der Waals surface area contributed by atoms with Gasteiger partial charge in [0.05, 0.1) is 0 Å². The highest BCUT2D eigenvalue weighted by Gasteiger charge is 1.90. The van der Waals surface area contributed by atoms with Gasteiger partial charge in [0.2, 0.25) is 0 Å². The first-order chi connectivity index (χ1) is 4.43. The van der Waals surface area contributed by atoms with Crippen molar-refractivity contribution in [1.29, 1.82) is 0 Å². The Morgan fingerprint density at radius 1 is 1.89 bits per heavy atom. The van der Waals surface area contributed by atoms with Crippen molar-refractivity contribution in [3.05, 3.63) is 16.6 Å². The Morgan fingerprint density at radius 2 is 2.78 bits per heavy atom. The van der Waals surface area contributed by atoms with Crippen LogP contribution in [0.2, 0.25) is 0 Å². The van der Waals surface area contributed by atoms with Crippen LogP contribution in [0.3, 0.4) is 0 Å². The second-order valence-corrected chi connectivity index (χ2v) is 2.68. The molecule has 1 rings (SSSR count). The van der Waals surface area contributed by atoms with Crippen LogP contribution in [0, 0.1) is 5.51 Å². The Bertz CT molecular complexity index is 148. The van der Waals surface area contributed by atoms with Gasteiger partial charge in [-0.1, -0.05) is 0 Å². The minimum Gasteiger partial charge on any atom is -0.319 e. The topological polar surface area (TPSA) is 24.9 Å². The van der Waals surface area contributed by atoms with Crippen molar-refractivity contribution in [2.45, 2.75) is 6.42 Å². The summed E-state index contributed by atoms with van der Waals surface area (Å²) in [6.45, 7) is 1.02. The van der Waals surface area contributed by atoms with E-state index in [1.54, 1.807) is 11.3 Å². The predicted molar refractivity (Wildman–Crippen MR) is 38.6 cm³/mol. The van der Waals surface area contributed by atoms with E-state index in [9.17, 15) is 0 Å². The van der Waals surface area contributed by atoms with E-state index >= 15 is 0 Å². The zero-order valence-electron chi connectivity index (χ0n) is 5.35. The van der Waals surface area contributed by atoms with E-state index in [1.807, 2.05) is 13.2 Å². The number of hydrogen-bond donors (Lipinski definition) is 1. The van der Waals surface area contributed by atoms with E-state index in [0.717, 1.165) is 13.0 Å². The van der Waals surface area contributed by atoms with Gasteiger partial charge < -0.3 is 5.32 Å². The minimum absolute atomic E-state index is 1.02. The van der Waals surface area contributed by atoms with Gasteiger partial charge in [0.15, 0.2) is 5.51 Å². The van der Waals surface area contributed by atoms with Gasteiger partial charge in [0.1, 0.15) is 0 Å². The number of aromatic nitrogens is 1. The first-order valence-corrected chi connectivity index (χ1v) is 3.70. The molecule has 2 nitrogen and oxygen atoms in total. The summed E-state index contributed by atoms with van der Waals surface area (Å²) in [7, 11) is 1.95. The second kappa shape index (κ2) is 3.58. The van der Waals surface area contributed by atoms with Gasteiger partial charge in [-0.15, -0.1) is 11.3 Å². The normalized spacial score (nSPS) is 9.89. The summed E-state index contributed by atoms with van der Waals surface area (Å²) in [5.41, 5.74) is 2.80. The zero-order chi connectivity index (χ0) is 6.53. The lowest BCUT2D eigenvalue weighted by Gasteiger charge is -1.91. The Labute approximate surface area is 58.9 Å². The van der Waals surface area contributed by atoms with Crippen LogP contribution in [0.4, 0.5) is 0 Å². The molecule has 0 atom stereocenters. The van der Waals surface area contributed by atoms with Crippen molar-refractivity contribution in [1.82, 2.24) is 10.3 Å². The molecule has 1 heterocycles. The van der Waals surface area contributed by atoms with Crippen LogP contribution in [-0.4, -0.2) is 18.6 Å². The number of likely N-dealkylation sites (N-methyl/N-ethyl adjacent to an activating group) is 1. The zero-order valence-corrected chi connectivity index (χ0v) is 6.16. The maximum atomic E-state index is 3.84. The van der Waals surface area contributed by atoms with Gasteiger partial charge in [0.25, 0.3) is 0 Å². The Kier molecular flexibility index (Phi) is 2.67. The monoisotopic (exact) mass is 141 g/mol. The van der Waals surface area contributed by atoms with Crippen LogP contribution in [0.25, 0.3) is 0 Å². The van der Waals surface area contributed by atoms with Crippen molar-refractivity contribution < 1.29 is 0 Å². The summed E-state index contributed by atoms with van der Waals surface area (Å²) in [5, 5.41) is 3.07. The molecule has 9 heavy (non-hydrogen) atoms. The molecule has 0 aliphatic carbocycles. The lowest BCUT2D eigenvalue weighted by molar-refractivity contribution is 0.798. The third-order valence-electron chi connectivity index (χ3n) is 1.06. The first-order valence-electron chi connectivity index (χ1n) is 2.89. The quantitative estimate of drug-likeness (QED) is 0.670. The highest BCUT2D eigenvalue weighted by Crippen LogP contribution is 2.03. The molecule has 1 N–H and O–H groups in total. The van der Waals surface area contributed by atoms with Crippen molar-refractivity contribution in [3.63, 3.8) is 0 Å². The molecule has 0 aliphatic heterocycles. The molecule has 3 heteroatoms. The van der Waals surface area contributed by atoms with Crippen LogP contribution in [0.1, 0.15) is 4.88 Å². The number of nitrogens with zero attached hydrogens (tertiary/aromatic N) is 1. The lowest BCUT2D eigenvalue weighted by atomic mass is 10.4. The van der Waals surface area contributed by atoms with Gasteiger partial charge >= 0.3 is 0 Å². The number of hydrogen-bond acceptors (Lipinski definition) is 3. The molecule has 0 aliphatic rings. The smallest absolute Gasteiger partial charge is 0.152 e. The van der Waals surface area contributed by atoms with Gasteiger partial charge in [-0.05, 0) is 20.0 Å². The molecule has 49 valence electrons.